The smallest absolute Gasteiger partial charge is 0.177 e. The van der Waals surface area contributed by atoms with Crippen LogP contribution in [0.4, 0.5) is 0 Å². The van der Waals surface area contributed by atoms with Gasteiger partial charge < -0.3 is 14.7 Å². The average Bonchev–Trinajstić information content (AvgIpc) is 3.26. The van der Waals surface area contributed by atoms with E-state index in [9.17, 15) is 5.11 Å². The minimum atomic E-state index is -0.148. The Bertz CT molecular complexity index is 896. The molecule has 0 bridgehead atoms. The van der Waals surface area contributed by atoms with E-state index in [1.807, 2.05) is 24.3 Å². The van der Waals surface area contributed by atoms with Gasteiger partial charge in [0.1, 0.15) is 11.1 Å². The predicted octanol–water partition coefficient (Wildman–Crippen LogP) is 5.19. The monoisotopic (exact) mass is 467 g/mol. The van der Waals surface area contributed by atoms with Crippen LogP contribution >= 0.6 is 39.3 Å². The highest BCUT2D eigenvalue weighted by Gasteiger charge is 2.46. The van der Waals surface area contributed by atoms with E-state index in [-0.39, 0.29) is 22.9 Å². The Morgan fingerprint density at radius 3 is 2.93 bits per heavy atom. The maximum absolute atomic E-state index is 10.3. The van der Waals surface area contributed by atoms with Crippen molar-refractivity contribution in [3.05, 3.63) is 51.2 Å². The SMILES string of the molecule is CC[C@@H]1CSC2=N[C@H](c3ccccn3)[C@@H](c3cc(OC)c(O)c(Cl)c3Br)N21. The highest BCUT2D eigenvalue weighted by Crippen LogP contribution is 2.53. The van der Waals surface area contributed by atoms with Gasteiger partial charge in [0.25, 0.3) is 0 Å². The van der Waals surface area contributed by atoms with Crippen LogP contribution in [0, 0.1) is 0 Å². The summed E-state index contributed by atoms with van der Waals surface area (Å²) in [7, 11) is 1.52. The first-order chi connectivity index (χ1) is 13.1. The van der Waals surface area contributed by atoms with E-state index in [0.717, 1.165) is 28.6 Å². The van der Waals surface area contributed by atoms with Crippen LogP contribution in [-0.2, 0) is 0 Å². The number of benzene rings is 1. The van der Waals surface area contributed by atoms with Crippen LogP contribution in [0.15, 0.2) is 39.9 Å². The molecule has 142 valence electrons. The van der Waals surface area contributed by atoms with Crippen LogP contribution in [0.3, 0.4) is 0 Å². The Morgan fingerprint density at radius 2 is 2.26 bits per heavy atom. The van der Waals surface area contributed by atoms with E-state index in [0.29, 0.717) is 16.3 Å². The molecule has 5 nitrogen and oxygen atoms in total. The van der Waals surface area contributed by atoms with Crippen molar-refractivity contribution in [2.75, 3.05) is 12.9 Å². The normalized spacial score (nSPS) is 24.1. The van der Waals surface area contributed by atoms with Crippen molar-refractivity contribution in [2.24, 2.45) is 4.99 Å². The molecule has 0 radical (unpaired) electrons. The summed E-state index contributed by atoms with van der Waals surface area (Å²) in [5, 5.41) is 11.6. The number of amidine groups is 1. The largest absolute Gasteiger partial charge is 0.503 e. The molecule has 1 N–H and O–H groups in total. The summed E-state index contributed by atoms with van der Waals surface area (Å²) < 4.78 is 6.02. The van der Waals surface area contributed by atoms with Crippen LogP contribution in [0.2, 0.25) is 5.02 Å². The lowest BCUT2D eigenvalue weighted by atomic mass is 9.95. The summed E-state index contributed by atoms with van der Waals surface area (Å²) in [6.45, 7) is 2.19. The minimum Gasteiger partial charge on any atom is -0.503 e. The second kappa shape index (κ2) is 7.53. The third-order valence-electron chi connectivity index (χ3n) is 5.04. The van der Waals surface area contributed by atoms with Crippen molar-refractivity contribution in [3.8, 4) is 11.5 Å². The van der Waals surface area contributed by atoms with E-state index in [4.69, 9.17) is 21.3 Å². The van der Waals surface area contributed by atoms with Gasteiger partial charge in [0.05, 0.1) is 18.8 Å². The molecule has 1 aromatic heterocycles. The number of phenolic OH excluding ortho intramolecular Hbond substituents is 1. The van der Waals surface area contributed by atoms with Crippen LogP contribution in [0.25, 0.3) is 0 Å². The molecule has 0 spiro atoms. The Labute approximate surface area is 175 Å². The second-order valence-corrected chi connectivity index (χ2v) is 8.64. The zero-order valence-corrected chi connectivity index (χ0v) is 18.1. The maximum atomic E-state index is 10.3. The zero-order chi connectivity index (χ0) is 19.1. The molecule has 3 atom stereocenters. The number of thioether (sulfide) groups is 1. The summed E-state index contributed by atoms with van der Waals surface area (Å²) in [6.07, 6.45) is 2.82. The van der Waals surface area contributed by atoms with E-state index in [1.165, 1.54) is 7.11 Å². The van der Waals surface area contributed by atoms with E-state index >= 15 is 0 Å². The first kappa shape index (κ1) is 18.9. The number of phenols is 1. The molecule has 8 heteroatoms. The van der Waals surface area contributed by atoms with E-state index < -0.39 is 0 Å². The predicted molar refractivity (Wildman–Crippen MR) is 113 cm³/mol. The van der Waals surface area contributed by atoms with Gasteiger partial charge in [0, 0.05) is 22.5 Å². The van der Waals surface area contributed by atoms with Crippen LogP contribution in [0.5, 0.6) is 11.5 Å². The molecule has 1 saturated heterocycles. The van der Waals surface area contributed by atoms with Gasteiger partial charge in [-0.1, -0.05) is 36.4 Å². The molecule has 0 amide bonds. The lowest BCUT2D eigenvalue weighted by Crippen LogP contribution is -2.35. The average molecular weight is 469 g/mol. The van der Waals surface area contributed by atoms with Crippen LogP contribution in [0.1, 0.15) is 36.7 Å². The summed E-state index contributed by atoms with van der Waals surface area (Å²) >= 11 is 11.8. The zero-order valence-electron chi connectivity index (χ0n) is 14.9. The number of aromatic nitrogens is 1. The van der Waals surface area contributed by atoms with Crippen LogP contribution in [-0.4, -0.2) is 39.1 Å². The number of pyridine rings is 1. The summed E-state index contributed by atoms with van der Waals surface area (Å²) in [5.41, 5.74) is 1.85. The van der Waals surface area contributed by atoms with Gasteiger partial charge in [-0.15, -0.1) is 0 Å². The summed E-state index contributed by atoms with van der Waals surface area (Å²) in [5.74, 6) is 1.30. The van der Waals surface area contributed by atoms with Gasteiger partial charge in [-0.05, 0) is 46.1 Å². The minimum absolute atomic E-state index is 0.0637. The number of hydrogen-bond donors (Lipinski definition) is 1. The molecule has 27 heavy (non-hydrogen) atoms. The Balaban J connectivity index is 1.88. The Morgan fingerprint density at radius 1 is 1.44 bits per heavy atom. The van der Waals surface area contributed by atoms with Gasteiger partial charge in [-0.2, -0.15) is 0 Å². The molecule has 4 rings (SSSR count). The molecular weight excluding hydrogens is 450 g/mol. The Hall–Kier alpha value is -1.44. The Kier molecular flexibility index (Phi) is 5.27. The maximum Gasteiger partial charge on any atom is 0.177 e. The second-order valence-electron chi connectivity index (χ2n) is 6.48. The number of halogens is 2. The van der Waals surface area contributed by atoms with Crippen molar-refractivity contribution < 1.29 is 9.84 Å². The number of rotatable bonds is 4. The topological polar surface area (TPSA) is 58.0 Å². The van der Waals surface area contributed by atoms with Gasteiger partial charge in [-0.3, -0.25) is 9.98 Å². The van der Waals surface area contributed by atoms with Gasteiger partial charge >= 0.3 is 0 Å². The number of hydrogen-bond acceptors (Lipinski definition) is 6. The van der Waals surface area contributed by atoms with Crippen molar-refractivity contribution in [1.29, 1.82) is 0 Å². The van der Waals surface area contributed by atoms with Gasteiger partial charge in [0.2, 0.25) is 0 Å². The highest BCUT2D eigenvalue weighted by molar-refractivity contribution is 9.10. The molecule has 2 aliphatic rings. The molecule has 0 aliphatic carbocycles. The van der Waals surface area contributed by atoms with Gasteiger partial charge in [0.15, 0.2) is 16.7 Å². The standard InChI is InChI=1S/C19H19BrClN3O2S/c1-3-10-9-27-19-23-16(12-6-4-5-7-22-12)17(24(10)19)11-8-13(26-2)18(25)15(21)14(11)20/h4-8,10,16-17,25H,3,9H2,1-2H3/t10-,16-,17-/m1/s1. The first-order valence-corrected chi connectivity index (χ1v) is 10.9. The lowest BCUT2D eigenvalue weighted by Gasteiger charge is -2.33. The molecule has 2 aromatic rings. The molecule has 0 saturated carbocycles. The number of aromatic hydroxyl groups is 1. The summed E-state index contributed by atoms with van der Waals surface area (Å²) in [4.78, 5) is 11.9. The van der Waals surface area contributed by atoms with Crippen molar-refractivity contribution in [2.45, 2.75) is 31.5 Å². The van der Waals surface area contributed by atoms with E-state index in [1.54, 1.807) is 18.0 Å². The quantitative estimate of drug-likeness (QED) is 0.669. The number of aliphatic imine (C=N–C) groups is 1. The fraction of sp³-hybridized carbons (Fsp3) is 0.368. The molecule has 1 aromatic carbocycles. The van der Waals surface area contributed by atoms with Crippen molar-refractivity contribution in [3.63, 3.8) is 0 Å². The van der Waals surface area contributed by atoms with Crippen LogP contribution < -0.4 is 4.74 Å². The first-order valence-electron chi connectivity index (χ1n) is 8.71. The number of nitrogens with zero attached hydrogens (tertiary/aromatic N) is 3. The molecule has 1 fully saturated rings. The molecule has 0 unspecified atom stereocenters. The number of ether oxygens (including phenoxy) is 1. The summed E-state index contributed by atoms with van der Waals surface area (Å²) in [6, 6.07) is 7.90. The number of fused-ring (bicyclic) bond motifs is 1. The highest BCUT2D eigenvalue weighted by atomic mass is 79.9. The van der Waals surface area contributed by atoms with Crippen molar-refractivity contribution >= 4 is 44.5 Å². The fourth-order valence-electron chi connectivity index (χ4n) is 3.67. The van der Waals surface area contributed by atoms with Gasteiger partial charge in [-0.25, -0.2) is 0 Å². The molecular formula is C19H19BrClN3O2S. The number of methoxy groups -OCH3 is 1. The lowest BCUT2D eigenvalue weighted by molar-refractivity contribution is 0.253. The third kappa shape index (κ3) is 3.09. The molecule has 2 aliphatic heterocycles. The third-order valence-corrected chi connectivity index (χ3v) is 7.62. The molecule has 3 heterocycles. The van der Waals surface area contributed by atoms with Crippen molar-refractivity contribution in [1.82, 2.24) is 9.88 Å². The fourth-order valence-corrected chi connectivity index (χ4v) is 5.75. The van der Waals surface area contributed by atoms with E-state index in [2.05, 4.69) is 32.7 Å².